The summed E-state index contributed by atoms with van der Waals surface area (Å²) < 4.78 is 1.29. The molecule has 4 rings (SSSR count). The lowest BCUT2D eigenvalue weighted by Crippen LogP contribution is -2.54. The van der Waals surface area contributed by atoms with Gasteiger partial charge in [-0.05, 0) is 47.1 Å². The zero-order chi connectivity index (χ0) is 21.8. The number of nitrogens with one attached hydrogen (secondary N) is 1. The van der Waals surface area contributed by atoms with E-state index in [4.69, 9.17) is 0 Å². The maximum absolute atomic E-state index is 12.7. The highest BCUT2D eigenvalue weighted by Crippen LogP contribution is 2.25. The average Bonchev–Trinajstić information content (AvgIpc) is 3.17. The summed E-state index contributed by atoms with van der Waals surface area (Å²) in [5, 5.41) is 6.55. The second kappa shape index (κ2) is 10.0. The predicted molar refractivity (Wildman–Crippen MR) is 126 cm³/mol. The number of piperazine rings is 1. The molecule has 2 aromatic rings. The third kappa shape index (κ3) is 5.57. The molecule has 0 saturated carbocycles. The molecule has 31 heavy (non-hydrogen) atoms. The van der Waals surface area contributed by atoms with Gasteiger partial charge in [-0.25, -0.2) is 4.79 Å². The molecule has 0 radical (unpaired) electrons. The Morgan fingerprint density at radius 2 is 1.74 bits per heavy atom. The lowest BCUT2D eigenvalue weighted by Gasteiger charge is -2.38. The van der Waals surface area contributed by atoms with Gasteiger partial charge in [0.1, 0.15) is 0 Å². The van der Waals surface area contributed by atoms with E-state index in [0.29, 0.717) is 38.0 Å². The third-order valence-electron chi connectivity index (χ3n) is 6.47. The van der Waals surface area contributed by atoms with E-state index in [2.05, 4.69) is 53.7 Å². The number of benzene rings is 1. The van der Waals surface area contributed by atoms with Gasteiger partial charge in [-0.15, -0.1) is 11.3 Å². The minimum Gasteiger partial charge on any atom is -0.341 e. The maximum atomic E-state index is 12.7. The molecule has 0 spiro atoms. The van der Waals surface area contributed by atoms with Crippen LogP contribution in [0.1, 0.15) is 25.8 Å². The number of hydrogen-bond acceptors (Lipinski definition) is 4. The highest BCUT2D eigenvalue weighted by molar-refractivity contribution is 7.17. The summed E-state index contributed by atoms with van der Waals surface area (Å²) in [7, 11) is 0. The Hall–Kier alpha value is -2.12. The second-order valence-corrected chi connectivity index (χ2v) is 10.2. The zero-order valence-electron chi connectivity index (χ0n) is 18.7. The fraction of sp³-hybridized carbons (Fsp3) is 0.583. The molecule has 2 saturated heterocycles. The highest BCUT2D eigenvalue weighted by Gasteiger charge is 2.28. The lowest BCUT2D eigenvalue weighted by molar-refractivity contribution is -0.135. The van der Waals surface area contributed by atoms with Crippen LogP contribution in [0, 0.1) is 11.8 Å². The van der Waals surface area contributed by atoms with Crippen LogP contribution in [0.15, 0.2) is 29.6 Å². The van der Waals surface area contributed by atoms with Crippen molar-refractivity contribution in [2.24, 2.45) is 11.8 Å². The topological polar surface area (TPSA) is 55.9 Å². The Bertz CT molecular complexity index is 896. The largest absolute Gasteiger partial charge is 0.341 e. The molecule has 1 aromatic heterocycles. The van der Waals surface area contributed by atoms with Crippen LogP contribution in [0.3, 0.4) is 0 Å². The van der Waals surface area contributed by atoms with Gasteiger partial charge in [-0.1, -0.05) is 32.0 Å². The van der Waals surface area contributed by atoms with E-state index in [1.807, 2.05) is 9.80 Å². The summed E-state index contributed by atoms with van der Waals surface area (Å²) in [4.78, 5) is 31.4. The minimum absolute atomic E-state index is 0.00388. The van der Waals surface area contributed by atoms with Crippen molar-refractivity contribution in [3.8, 4) is 0 Å². The monoisotopic (exact) mass is 442 g/mol. The van der Waals surface area contributed by atoms with Crippen LogP contribution in [0.2, 0.25) is 0 Å². The first-order valence-corrected chi connectivity index (χ1v) is 12.4. The van der Waals surface area contributed by atoms with E-state index in [1.165, 1.54) is 22.1 Å². The molecule has 3 heterocycles. The van der Waals surface area contributed by atoms with E-state index >= 15 is 0 Å². The molecule has 2 aliphatic rings. The first-order chi connectivity index (χ1) is 15.0. The van der Waals surface area contributed by atoms with Gasteiger partial charge < -0.3 is 15.1 Å². The van der Waals surface area contributed by atoms with Crippen LogP contribution >= 0.6 is 11.3 Å². The predicted octanol–water partition coefficient (Wildman–Crippen LogP) is 3.28. The molecule has 3 amide bonds. The molecule has 1 N–H and O–H groups in total. The Morgan fingerprint density at radius 3 is 2.48 bits per heavy atom. The van der Waals surface area contributed by atoms with Crippen LogP contribution in [-0.2, 0) is 11.2 Å². The van der Waals surface area contributed by atoms with Crippen LogP contribution < -0.4 is 5.32 Å². The van der Waals surface area contributed by atoms with Crippen LogP contribution in [0.25, 0.3) is 10.1 Å². The van der Waals surface area contributed by atoms with E-state index in [0.717, 1.165) is 32.6 Å². The molecule has 2 aliphatic heterocycles. The van der Waals surface area contributed by atoms with Gasteiger partial charge in [0.2, 0.25) is 5.91 Å². The number of rotatable bonds is 5. The molecule has 0 aliphatic carbocycles. The van der Waals surface area contributed by atoms with Crippen molar-refractivity contribution in [2.45, 2.75) is 26.7 Å². The number of fused-ring (bicyclic) bond motifs is 1. The first kappa shape index (κ1) is 22.1. The van der Waals surface area contributed by atoms with Gasteiger partial charge in [0.05, 0.1) is 6.54 Å². The van der Waals surface area contributed by atoms with Crippen molar-refractivity contribution < 1.29 is 9.59 Å². The van der Waals surface area contributed by atoms with E-state index < -0.39 is 0 Å². The number of thiophene rings is 1. The van der Waals surface area contributed by atoms with Gasteiger partial charge in [-0.3, -0.25) is 9.69 Å². The molecule has 1 aromatic carbocycles. The lowest BCUT2D eigenvalue weighted by atomic mass is 9.92. The van der Waals surface area contributed by atoms with Crippen LogP contribution in [-0.4, -0.2) is 79.0 Å². The smallest absolute Gasteiger partial charge is 0.317 e. The molecule has 7 heteroatoms. The normalized spacial score (nSPS) is 22.6. The second-order valence-electron chi connectivity index (χ2n) is 9.25. The molecule has 2 unspecified atom stereocenters. The average molecular weight is 443 g/mol. The number of carbonyl (C=O) groups excluding carboxylic acids is 2. The summed E-state index contributed by atoms with van der Waals surface area (Å²) in [5.74, 6) is 1.40. The molecule has 168 valence electrons. The van der Waals surface area contributed by atoms with E-state index in [-0.39, 0.29) is 11.9 Å². The van der Waals surface area contributed by atoms with Crippen molar-refractivity contribution >= 4 is 33.4 Å². The highest BCUT2D eigenvalue weighted by atomic mass is 32.1. The Morgan fingerprint density at radius 1 is 1.03 bits per heavy atom. The number of urea groups is 1. The minimum atomic E-state index is 0.00388. The van der Waals surface area contributed by atoms with E-state index in [9.17, 15) is 9.59 Å². The van der Waals surface area contributed by atoms with Gasteiger partial charge in [-0.2, -0.15) is 0 Å². The first-order valence-electron chi connectivity index (χ1n) is 11.5. The fourth-order valence-electron chi connectivity index (χ4n) is 4.91. The number of piperidine rings is 1. The Balaban J connectivity index is 1.18. The maximum Gasteiger partial charge on any atom is 0.317 e. The summed E-state index contributed by atoms with van der Waals surface area (Å²) in [6, 6.07) is 8.41. The molecular weight excluding hydrogens is 408 g/mol. The number of likely N-dealkylation sites (tertiary alicyclic amines) is 1. The number of amides is 3. The third-order valence-corrected chi connectivity index (χ3v) is 7.48. The molecule has 0 bridgehead atoms. The summed E-state index contributed by atoms with van der Waals surface area (Å²) in [6.07, 6.45) is 2.05. The zero-order valence-corrected chi connectivity index (χ0v) is 19.5. The van der Waals surface area contributed by atoms with Gasteiger partial charge in [0, 0.05) is 50.5 Å². The van der Waals surface area contributed by atoms with Crippen molar-refractivity contribution in [3.63, 3.8) is 0 Å². The quantitative estimate of drug-likeness (QED) is 0.773. The van der Waals surface area contributed by atoms with Gasteiger partial charge in [0.15, 0.2) is 0 Å². The van der Waals surface area contributed by atoms with E-state index in [1.54, 1.807) is 11.3 Å². The molecule has 6 nitrogen and oxygen atoms in total. The fourth-order valence-corrected chi connectivity index (χ4v) is 5.91. The van der Waals surface area contributed by atoms with Gasteiger partial charge in [0.25, 0.3) is 0 Å². The number of hydrogen-bond donors (Lipinski definition) is 1. The molecular formula is C24H34N4O2S. The summed E-state index contributed by atoms with van der Waals surface area (Å²) in [6.45, 7) is 10.2. The van der Waals surface area contributed by atoms with Crippen molar-refractivity contribution in [1.29, 1.82) is 0 Å². The van der Waals surface area contributed by atoms with Crippen LogP contribution in [0.4, 0.5) is 4.79 Å². The van der Waals surface area contributed by atoms with Crippen LogP contribution in [0.5, 0.6) is 0 Å². The SMILES string of the molecule is CC1CC(C)CN(C(=O)CN2CCN(C(=O)NCCc3csc4ccccc34)CC2)C1. The molecule has 2 atom stereocenters. The Labute approximate surface area is 189 Å². The van der Waals surface area contributed by atoms with Crippen molar-refractivity contribution in [2.75, 3.05) is 52.4 Å². The summed E-state index contributed by atoms with van der Waals surface area (Å²) >= 11 is 1.76. The van der Waals surface area contributed by atoms with Crippen molar-refractivity contribution in [3.05, 3.63) is 35.2 Å². The standard InChI is InChI=1S/C24H34N4O2S/c1-18-13-19(2)15-28(14-18)23(29)16-26-9-11-27(12-10-26)24(30)25-8-7-20-17-31-22-6-4-3-5-21(20)22/h3-6,17-19H,7-16H2,1-2H3,(H,25,30). The molecule has 2 fully saturated rings. The summed E-state index contributed by atoms with van der Waals surface area (Å²) in [5.41, 5.74) is 1.30. The van der Waals surface area contributed by atoms with Crippen molar-refractivity contribution in [1.82, 2.24) is 20.0 Å². The Kier molecular flexibility index (Phi) is 7.13. The number of carbonyl (C=O) groups is 2. The number of nitrogens with zero attached hydrogens (tertiary/aromatic N) is 3. The van der Waals surface area contributed by atoms with Gasteiger partial charge >= 0.3 is 6.03 Å².